The highest BCUT2D eigenvalue weighted by Gasteiger charge is 2.72. The third-order valence-electron chi connectivity index (χ3n) is 6.71. The van der Waals surface area contributed by atoms with Crippen LogP contribution in [0.1, 0.15) is 51.2 Å². The van der Waals surface area contributed by atoms with Crippen molar-refractivity contribution >= 4 is 18.1 Å². The van der Waals surface area contributed by atoms with Crippen molar-refractivity contribution in [3.63, 3.8) is 0 Å². The molecule has 0 saturated heterocycles. The van der Waals surface area contributed by atoms with Crippen LogP contribution >= 0.6 is 0 Å². The van der Waals surface area contributed by atoms with Gasteiger partial charge in [0.15, 0.2) is 0 Å². The van der Waals surface area contributed by atoms with Gasteiger partial charge in [-0.1, -0.05) is 60.7 Å². The molecule has 0 aromatic heterocycles. The first kappa shape index (κ1) is 25.5. The minimum absolute atomic E-state index is 0.140. The zero-order valence-corrected chi connectivity index (χ0v) is 21.2. The molecule has 0 spiro atoms. The highest BCUT2D eigenvalue weighted by Crippen LogP contribution is 2.63. The molecule has 5 rings (SSSR count). The second-order valence-electron chi connectivity index (χ2n) is 10.9. The van der Waals surface area contributed by atoms with Crippen molar-refractivity contribution in [2.24, 2.45) is 0 Å². The monoisotopic (exact) mass is 493 g/mol. The van der Waals surface area contributed by atoms with Gasteiger partial charge in [0.25, 0.3) is 0 Å². The molecule has 3 saturated carbocycles. The van der Waals surface area contributed by atoms with E-state index in [9.17, 15) is 14.4 Å². The Hall–Kier alpha value is -3.55. The summed E-state index contributed by atoms with van der Waals surface area (Å²) in [6, 6.07) is 19.4. The highest BCUT2D eigenvalue weighted by molar-refractivity contribution is 5.83. The molecule has 2 bridgehead atoms. The van der Waals surface area contributed by atoms with E-state index in [1.54, 1.807) is 0 Å². The lowest BCUT2D eigenvalue weighted by atomic mass is 9.43. The molecule has 2 aromatic carbocycles. The van der Waals surface area contributed by atoms with Crippen LogP contribution in [0.3, 0.4) is 0 Å². The average Bonchev–Trinajstić information content (AvgIpc) is 2.79. The van der Waals surface area contributed by atoms with Crippen LogP contribution in [0.4, 0.5) is 9.59 Å². The van der Waals surface area contributed by atoms with E-state index < -0.39 is 17.8 Å². The van der Waals surface area contributed by atoms with Crippen LogP contribution in [0.25, 0.3) is 0 Å². The van der Waals surface area contributed by atoms with Gasteiger partial charge in [-0.15, -0.1) is 0 Å². The summed E-state index contributed by atoms with van der Waals surface area (Å²) in [6.45, 7) is 6.03. The Morgan fingerprint density at radius 3 is 2.06 bits per heavy atom. The SMILES string of the molecule is CC(C)(C)OC(=O)NC12CC(N(CCc3ccccc3)C(=O)CNC(=O)OCc3ccccc3)(C1)C2. The largest absolute Gasteiger partial charge is 0.445 e. The Kier molecular flexibility index (Phi) is 7.24. The summed E-state index contributed by atoms with van der Waals surface area (Å²) >= 11 is 0. The second-order valence-corrected chi connectivity index (χ2v) is 10.9. The predicted molar refractivity (Wildman–Crippen MR) is 135 cm³/mol. The number of hydrogen-bond acceptors (Lipinski definition) is 5. The normalized spacial score (nSPS) is 21.9. The van der Waals surface area contributed by atoms with Crippen molar-refractivity contribution in [3.8, 4) is 0 Å². The number of ether oxygens (including phenoxy) is 2. The molecule has 2 aromatic rings. The molecular formula is C28H35N3O5. The quantitative estimate of drug-likeness (QED) is 0.546. The number of carbonyl (C=O) groups is 3. The third kappa shape index (κ3) is 6.17. The van der Waals surface area contributed by atoms with Gasteiger partial charge in [0.1, 0.15) is 18.8 Å². The number of amides is 3. The molecular weight excluding hydrogens is 458 g/mol. The van der Waals surface area contributed by atoms with Crippen LogP contribution in [0.5, 0.6) is 0 Å². The molecule has 8 heteroatoms. The van der Waals surface area contributed by atoms with Gasteiger partial charge in [-0.3, -0.25) is 4.79 Å². The molecule has 0 unspecified atom stereocenters. The Labute approximate surface area is 212 Å². The van der Waals surface area contributed by atoms with E-state index in [4.69, 9.17) is 9.47 Å². The zero-order valence-electron chi connectivity index (χ0n) is 21.2. The minimum atomic E-state index is -0.629. The molecule has 3 aliphatic rings. The minimum Gasteiger partial charge on any atom is -0.445 e. The Morgan fingerprint density at radius 2 is 1.47 bits per heavy atom. The zero-order chi connectivity index (χ0) is 25.8. The maximum absolute atomic E-state index is 13.3. The molecule has 3 amide bonds. The maximum Gasteiger partial charge on any atom is 0.408 e. The second kappa shape index (κ2) is 10.2. The van der Waals surface area contributed by atoms with Crippen LogP contribution in [-0.4, -0.2) is 52.8 Å². The summed E-state index contributed by atoms with van der Waals surface area (Å²) in [5.41, 5.74) is 0.814. The number of carbonyl (C=O) groups excluding carboxylic acids is 3. The maximum atomic E-state index is 13.3. The molecule has 3 aliphatic carbocycles. The van der Waals surface area contributed by atoms with E-state index in [0.29, 0.717) is 32.2 Å². The van der Waals surface area contributed by atoms with Crippen molar-refractivity contribution in [1.82, 2.24) is 15.5 Å². The van der Waals surface area contributed by atoms with E-state index in [-0.39, 0.29) is 30.1 Å². The fourth-order valence-electron chi connectivity index (χ4n) is 5.20. The first-order valence-corrected chi connectivity index (χ1v) is 12.4. The van der Waals surface area contributed by atoms with Crippen molar-refractivity contribution in [1.29, 1.82) is 0 Å². The summed E-state index contributed by atoms with van der Waals surface area (Å²) in [5.74, 6) is -0.159. The molecule has 0 radical (unpaired) electrons. The molecule has 3 fully saturated rings. The first-order valence-electron chi connectivity index (χ1n) is 12.4. The number of nitrogens with zero attached hydrogens (tertiary/aromatic N) is 1. The van der Waals surface area contributed by atoms with Gasteiger partial charge in [-0.25, -0.2) is 9.59 Å². The molecule has 8 nitrogen and oxygen atoms in total. The van der Waals surface area contributed by atoms with Gasteiger partial charge >= 0.3 is 12.2 Å². The molecule has 0 aliphatic heterocycles. The standard InChI is InChI=1S/C28H35N3O5/c1-26(2,3)36-25(34)30-27-18-28(19-27,20-27)31(15-14-21-10-6-4-7-11-21)23(32)16-29-24(33)35-17-22-12-8-5-9-13-22/h4-13H,14-20H2,1-3H3,(H,29,33)(H,30,34). The summed E-state index contributed by atoms with van der Waals surface area (Å²) in [5, 5.41) is 5.60. The van der Waals surface area contributed by atoms with Gasteiger partial charge in [-0.2, -0.15) is 0 Å². The van der Waals surface area contributed by atoms with E-state index in [1.165, 1.54) is 0 Å². The predicted octanol–water partition coefficient (Wildman–Crippen LogP) is 4.18. The van der Waals surface area contributed by atoms with E-state index in [2.05, 4.69) is 10.6 Å². The molecule has 2 N–H and O–H groups in total. The van der Waals surface area contributed by atoms with Crippen LogP contribution in [0.15, 0.2) is 60.7 Å². The van der Waals surface area contributed by atoms with Crippen molar-refractivity contribution in [2.75, 3.05) is 13.1 Å². The Balaban J connectivity index is 1.32. The summed E-state index contributed by atoms with van der Waals surface area (Å²) < 4.78 is 10.6. The fraction of sp³-hybridized carbons (Fsp3) is 0.464. The summed E-state index contributed by atoms with van der Waals surface area (Å²) in [7, 11) is 0. The van der Waals surface area contributed by atoms with Crippen LogP contribution in [0, 0.1) is 0 Å². The van der Waals surface area contributed by atoms with Crippen LogP contribution < -0.4 is 10.6 Å². The Morgan fingerprint density at radius 1 is 0.889 bits per heavy atom. The number of nitrogens with one attached hydrogen (secondary N) is 2. The van der Waals surface area contributed by atoms with Gasteiger partial charge in [0.05, 0.1) is 5.54 Å². The lowest BCUT2D eigenvalue weighted by Gasteiger charge is -2.73. The van der Waals surface area contributed by atoms with Gasteiger partial charge in [0, 0.05) is 12.1 Å². The number of hydrogen-bond donors (Lipinski definition) is 2. The summed E-state index contributed by atoms with van der Waals surface area (Å²) in [4.78, 5) is 39.6. The smallest absolute Gasteiger partial charge is 0.408 e. The van der Waals surface area contributed by atoms with Gasteiger partial charge in [0.2, 0.25) is 5.91 Å². The molecule has 0 atom stereocenters. The van der Waals surface area contributed by atoms with Crippen LogP contribution in [-0.2, 0) is 27.3 Å². The lowest BCUT2D eigenvalue weighted by Crippen LogP contribution is -2.84. The summed E-state index contributed by atoms with van der Waals surface area (Å²) in [6.07, 6.45) is 1.69. The topological polar surface area (TPSA) is 97.0 Å². The van der Waals surface area contributed by atoms with Crippen LogP contribution in [0.2, 0.25) is 0 Å². The molecule has 0 heterocycles. The van der Waals surface area contributed by atoms with E-state index >= 15 is 0 Å². The lowest BCUT2D eigenvalue weighted by molar-refractivity contribution is -0.187. The van der Waals surface area contributed by atoms with Crippen molar-refractivity contribution < 1.29 is 23.9 Å². The van der Waals surface area contributed by atoms with Crippen molar-refractivity contribution in [3.05, 3.63) is 71.8 Å². The molecule has 36 heavy (non-hydrogen) atoms. The number of alkyl carbamates (subject to hydrolysis) is 2. The number of benzene rings is 2. The highest BCUT2D eigenvalue weighted by atomic mass is 16.6. The van der Waals surface area contributed by atoms with E-state index in [0.717, 1.165) is 11.1 Å². The van der Waals surface area contributed by atoms with E-state index in [1.807, 2.05) is 86.3 Å². The Bertz CT molecular complexity index is 1060. The molecule has 192 valence electrons. The average molecular weight is 494 g/mol. The first-order chi connectivity index (χ1) is 17.1. The van der Waals surface area contributed by atoms with Gasteiger partial charge in [-0.05, 0) is 57.6 Å². The fourth-order valence-corrected chi connectivity index (χ4v) is 5.20. The van der Waals surface area contributed by atoms with Crippen molar-refractivity contribution in [2.45, 2.75) is 69.7 Å². The number of rotatable bonds is 9. The van der Waals surface area contributed by atoms with Gasteiger partial charge < -0.3 is 25.0 Å². The third-order valence-corrected chi connectivity index (χ3v) is 6.71.